The average Bonchev–Trinajstić information content (AvgIpc) is 2.53. The first kappa shape index (κ1) is 19.0. The van der Waals surface area contributed by atoms with Gasteiger partial charge in [-0.1, -0.05) is 90.4 Å². The van der Waals surface area contributed by atoms with Crippen LogP contribution >= 0.6 is 0 Å². The lowest BCUT2D eigenvalue weighted by molar-refractivity contribution is -0.0912. The van der Waals surface area contributed by atoms with Crippen LogP contribution in [0, 0.1) is 0 Å². The van der Waals surface area contributed by atoms with Crippen LogP contribution in [0.4, 0.5) is 0 Å². The molecule has 0 N–H and O–H groups in total. The van der Waals surface area contributed by atoms with Gasteiger partial charge in [0.05, 0.1) is 25.9 Å². The van der Waals surface area contributed by atoms with Crippen LogP contribution in [-0.2, 0) is 9.47 Å². The van der Waals surface area contributed by atoms with Gasteiger partial charge in [-0.25, -0.2) is 0 Å². The van der Waals surface area contributed by atoms with Gasteiger partial charge in [0.15, 0.2) is 0 Å². The Morgan fingerprint density at radius 2 is 1.19 bits per heavy atom. The molecule has 0 bridgehead atoms. The normalized spacial score (nSPS) is 19.0. The molecule has 1 fully saturated rings. The van der Waals surface area contributed by atoms with Crippen molar-refractivity contribution in [2.45, 2.75) is 103 Å². The second kappa shape index (κ2) is 14.8. The Morgan fingerprint density at radius 3 is 1.67 bits per heavy atom. The van der Waals surface area contributed by atoms with E-state index < -0.39 is 0 Å². The van der Waals surface area contributed by atoms with E-state index in [0.29, 0.717) is 6.10 Å². The lowest BCUT2D eigenvalue weighted by Gasteiger charge is -2.22. The molecule has 0 radical (unpaired) electrons. The van der Waals surface area contributed by atoms with Gasteiger partial charge in [-0.15, -0.1) is 0 Å². The van der Waals surface area contributed by atoms with Gasteiger partial charge in [-0.3, -0.25) is 0 Å². The summed E-state index contributed by atoms with van der Waals surface area (Å²) in [5.74, 6) is 0. The highest BCUT2D eigenvalue weighted by molar-refractivity contribution is 4.61. The van der Waals surface area contributed by atoms with Gasteiger partial charge in [0, 0.05) is 0 Å². The molecule has 2 heteroatoms. The number of hydrogen-bond donors (Lipinski definition) is 0. The van der Waals surface area contributed by atoms with Crippen LogP contribution in [0.3, 0.4) is 0 Å². The van der Waals surface area contributed by atoms with Gasteiger partial charge in [-0.2, -0.15) is 0 Å². The highest BCUT2D eigenvalue weighted by atomic mass is 16.6. The molecule has 21 heavy (non-hydrogen) atoms. The summed E-state index contributed by atoms with van der Waals surface area (Å²) in [7, 11) is 0. The highest BCUT2D eigenvalue weighted by Gasteiger charge is 2.12. The predicted octanol–water partition coefficient (Wildman–Crippen LogP) is 5.88. The van der Waals surface area contributed by atoms with Crippen LogP contribution < -0.4 is 0 Å². The maximum Gasteiger partial charge on any atom is 0.0809 e. The molecule has 0 aromatic heterocycles. The summed E-state index contributed by atoms with van der Waals surface area (Å²) in [6, 6.07) is 0. The smallest absolute Gasteiger partial charge is 0.0809 e. The quantitative estimate of drug-likeness (QED) is 0.373. The fourth-order valence-corrected chi connectivity index (χ4v) is 3.09. The van der Waals surface area contributed by atoms with E-state index >= 15 is 0 Å². The Kier molecular flexibility index (Phi) is 13.4. The van der Waals surface area contributed by atoms with Gasteiger partial charge in [0.1, 0.15) is 0 Å². The number of rotatable bonds is 14. The maximum absolute atomic E-state index is 5.66. The van der Waals surface area contributed by atoms with Crippen molar-refractivity contribution in [3.63, 3.8) is 0 Å². The molecule has 126 valence electrons. The molecule has 0 aromatic carbocycles. The first-order valence-corrected chi connectivity index (χ1v) is 9.63. The van der Waals surface area contributed by atoms with Crippen molar-refractivity contribution in [1.29, 1.82) is 0 Å². The summed E-state index contributed by atoms with van der Waals surface area (Å²) in [6.45, 7) is 4.69. The molecular weight excluding hydrogens is 260 g/mol. The lowest BCUT2D eigenvalue weighted by atomic mass is 10.0. The van der Waals surface area contributed by atoms with E-state index in [1.165, 1.54) is 89.9 Å². The zero-order valence-corrected chi connectivity index (χ0v) is 14.4. The minimum atomic E-state index is 0.381. The number of hydrogen-bond acceptors (Lipinski definition) is 2. The van der Waals surface area contributed by atoms with Crippen LogP contribution in [0.2, 0.25) is 0 Å². The number of ether oxygens (including phenoxy) is 2. The monoisotopic (exact) mass is 298 g/mol. The Bertz CT molecular complexity index is 200. The minimum Gasteiger partial charge on any atom is -0.376 e. The lowest BCUT2D eigenvalue weighted by Crippen LogP contribution is -2.28. The van der Waals surface area contributed by atoms with Crippen LogP contribution in [0.15, 0.2) is 0 Å². The van der Waals surface area contributed by atoms with Gasteiger partial charge in [0.25, 0.3) is 0 Å². The molecule has 0 saturated carbocycles. The van der Waals surface area contributed by atoms with Gasteiger partial charge in [0.2, 0.25) is 0 Å². The molecule has 1 aliphatic heterocycles. The van der Waals surface area contributed by atoms with Crippen molar-refractivity contribution in [1.82, 2.24) is 0 Å². The van der Waals surface area contributed by atoms with Crippen molar-refractivity contribution in [3.8, 4) is 0 Å². The standard InChI is InChI=1S/C19H38O2/c1-2-3-4-5-6-7-8-9-10-11-12-13-14-15-19-18-20-16-17-21-19/h19H,2-18H2,1H3. The zero-order chi connectivity index (χ0) is 15.0. The zero-order valence-electron chi connectivity index (χ0n) is 14.4. The van der Waals surface area contributed by atoms with E-state index in [1.807, 2.05) is 0 Å². The Labute approximate surface area is 133 Å². The molecule has 0 amide bonds. The molecule has 0 aromatic rings. The van der Waals surface area contributed by atoms with Crippen molar-refractivity contribution in [2.24, 2.45) is 0 Å². The van der Waals surface area contributed by atoms with Crippen LogP contribution in [0.1, 0.15) is 96.8 Å². The first-order valence-electron chi connectivity index (χ1n) is 9.63. The number of unbranched alkanes of at least 4 members (excludes halogenated alkanes) is 12. The van der Waals surface area contributed by atoms with Gasteiger partial charge >= 0.3 is 0 Å². The van der Waals surface area contributed by atoms with Crippen molar-refractivity contribution < 1.29 is 9.47 Å². The Hall–Kier alpha value is -0.0800. The van der Waals surface area contributed by atoms with Crippen LogP contribution in [0.25, 0.3) is 0 Å². The molecule has 0 aliphatic carbocycles. The molecule has 1 saturated heterocycles. The van der Waals surface area contributed by atoms with E-state index in [9.17, 15) is 0 Å². The molecule has 2 nitrogen and oxygen atoms in total. The third kappa shape index (κ3) is 12.2. The molecular formula is C19H38O2. The minimum absolute atomic E-state index is 0.381. The summed E-state index contributed by atoms with van der Waals surface area (Å²) >= 11 is 0. The van der Waals surface area contributed by atoms with Crippen molar-refractivity contribution in [2.75, 3.05) is 19.8 Å². The van der Waals surface area contributed by atoms with Crippen LogP contribution in [0.5, 0.6) is 0 Å². The van der Waals surface area contributed by atoms with Gasteiger partial charge in [-0.05, 0) is 6.42 Å². The van der Waals surface area contributed by atoms with Crippen LogP contribution in [-0.4, -0.2) is 25.9 Å². The largest absolute Gasteiger partial charge is 0.376 e. The first-order chi connectivity index (χ1) is 10.4. The molecule has 1 heterocycles. The van der Waals surface area contributed by atoms with Crippen molar-refractivity contribution in [3.05, 3.63) is 0 Å². The highest BCUT2D eigenvalue weighted by Crippen LogP contribution is 2.14. The molecule has 1 aliphatic rings. The molecule has 0 spiro atoms. The summed E-state index contributed by atoms with van der Waals surface area (Å²) in [5, 5.41) is 0. The van der Waals surface area contributed by atoms with E-state index in [2.05, 4.69) is 6.92 Å². The third-order valence-corrected chi connectivity index (χ3v) is 4.51. The summed E-state index contributed by atoms with van der Waals surface area (Å²) in [5.41, 5.74) is 0. The Morgan fingerprint density at radius 1 is 0.667 bits per heavy atom. The molecule has 1 rings (SSSR count). The van der Waals surface area contributed by atoms with Gasteiger partial charge < -0.3 is 9.47 Å². The predicted molar refractivity (Wildman–Crippen MR) is 90.9 cm³/mol. The van der Waals surface area contributed by atoms with E-state index in [4.69, 9.17) is 9.47 Å². The van der Waals surface area contributed by atoms with Crippen molar-refractivity contribution >= 4 is 0 Å². The fraction of sp³-hybridized carbons (Fsp3) is 1.00. The molecule has 1 unspecified atom stereocenters. The average molecular weight is 299 g/mol. The second-order valence-electron chi connectivity index (χ2n) is 6.60. The van der Waals surface area contributed by atoms with E-state index in [1.54, 1.807) is 0 Å². The topological polar surface area (TPSA) is 18.5 Å². The molecule has 1 atom stereocenters. The Balaban J connectivity index is 1.69. The van der Waals surface area contributed by atoms with E-state index in [0.717, 1.165) is 19.8 Å². The maximum atomic E-state index is 5.66. The summed E-state index contributed by atoms with van der Waals surface area (Å²) in [4.78, 5) is 0. The van der Waals surface area contributed by atoms with E-state index in [-0.39, 0.29) is 0 Å². The fourth-order valence-electron chi connectivity index (χ4n) is 3.09. The SMILES string of the molecule is CCCCCCCCCCCCCCCC1COCCO1. The summed E-state index contributed by atoms with van der Waals surface area (Å²) in [6.07, 6.45) is 20.1. The third-order valence-electron chi connectivity index (χ3n) is 4.51. The second-order valence-corrected chi connectivity index (χ2v) is 6.60. The summed E-state index contributed by atoms with van der Waals surface area (Å²) < 4.78 is 11.1.